The van der Waals surface area contributed by atoms with Crippen molar-refractivity contribution in [1.29, 1.82) is 0 Å². The van der Waals surface area contributed by atoms with Crippen LogP contribution in [0, 0.1) is 0 Å². The Balaban J connectivity index is 2.77. The van der Waals surface area contributed by atoms with E-state index in [1.54, 1.807) is 6.92 Å². The fraction of sp³-hybridized carbons (Fsp3) is 0.750. The standard InChI is InChI=1S/C12H22N4O3S/c1-4-6-13-12(3,9(17)18)8-20-11-15-14-10(19)16(11)7-5-2/h13H,4-8H2,1-3H3,(H,14,19)(H,17,18). The van der Waals surface area contributed by atoms with Crippen molar-refractivity contribution in [3.8, 4) is 0 Å². The first kappa shape index (κ1) is 16.8. The number of rotatable bonds is 9. The molecule has 114 valence electrons. The third kappa shape index (κ3) is 4.11. The second-order valence-corrected chi connectivity index (χ2v) is 5.76. The molecule has 20 heavy (non-hydrogen) atoms. The Morgan fingerprint density at radius 2 is 2.20 bits per heavy atom. The summed E-state index contributed by atoms with van der Waals surface area (Å²) in [5.41, 5.74) is -1.29. The molecule has 0 amide bonds. The van der Waals surface area contributed by atoms with E-state index in [0.29, 0.717) is 24.0 Å². The first-order chi connectivity index (χ1) is 9.44. The lowest BCUT2D eigenvalue weighted by Crippen LogP contribution is -2.52. The van der Waals surface area contributed by atoms with E-state index in [9.17, 15) is 14.7 Å². The number of nitrogens with one attached hydrogen (secondary N) is 2. The molecule has 1 heterocycles. The van der Waals surface area contributed by atoms with Crippen LogP contribution in [0.4, 0.5) is 0 Å². The fourth-order valence-corrected chi connectivity index (χ4v) is 2.72. The molecule has 0 fully saturated rings. The van der Waals surface area contributed by atoms with E-state index in [1.165, 1.54) is 16.3 Å². The molecule has 0 saturated heterocycles. The van der Waals surface area contributed by atoms with Crippen molar-refractivity contribution in [3.63, 3.8) is 0 Å². The van der Waals surface area contributed by atoms with E-state index in [1.807, 2.05) is 13.8 Å². The van der Waals surface area contributed by atoms with Gasteiger partial charge in [0.25, 0.3) is 0 Å². The second kappa shape index (κ2) is 7.49. The molecule has 3 N–H and O–H groups in total. The second-order valence-electron chi connectivity index (χ2n) is 4.82. The van der Waals surface area contributed by atoms with Gasteiger partial charge in [0.05, 0.1) is 0 Å². The highest BCUT2D eigenvalue weighted by Gasteiger charge is 2.33. The Hall–Kier alpha value is -1.28. The van der Waals surface area contributed by atoms with Gasteiger partial charge in [0.1, 0.15) is 5.54 Å². The van der Waals surface area contributed by atoms with Gasteiger partial charge in [-0.25, -0.2) is 9.89 Å². The molecule has 0 aromatic carbocycles. The highest BCUT2D eigenvalue weighted by atomic mass is 32.2. The maximum Gasteiger partial charge on any atom is 0.343 e. The van der Waals surface area contributed by atoms with Gasteiger partial charge in [0, 0.05) is 12.3 Å². The van der Waals surface area contributed by atoms with Crippen molar-refractivity contribution < 1.29 is 9.90 Å². The molecule has 1 aromatic rings. The molecule has 0 aliphatic carbocycles. The SMILES string of the molecule is CCCNC(C)(CSc1n[nH]c(=O)n1CCC)C(=O)O. The number of aromatic amines is 1. The zero-order chi connectivity index (χ0) is 15.2. The number of thioether (sulfide) groups is 1. The van der Waals surface area contributed by atoms with Crippen LogP contribution in [0.5, 0.6) is 0 Å². The number of aromatic nitrogens is 3. The van der Waals surface area contributed by atoms with Crippen LogP contribution in [0.2, 0.25) is 0 Å². The van der Waals surface area contributed by atoms with E-state index < -0.39 is 11.5 Å². The molecule has 1 aromatic heterocycles. The Labute approximate surface area is 122 Å². The number of nitrogens with zero attached hydrogens (tertiary/aromatic N) is 2. The molecular weight excluding hydrogens is 280 g/mol. The van der Waals surface area contributed by atoms with Crippen molar-refractivity contribution >= 4 is 17.7 Å². The highest BCUT2D eigenvalue weighted by Crippen LogP contribution is 2.20. The van der Waals surface area contributed by atoms with Crippen LogP contribution < -0.4 is 11.0 Å². The van der Waals surface area contributed by atoms with E-state index in [4.69, 9.17) is 0 Å². The summed E-state index contributed by atoms with van der Waals surface area (Å²) in [4.78, 5) is 23.0. The van der Waals surface area contributed by atoms with Crippen LogP contribution in [0.15, 0.2) is 9.95 Å². The van der Waals surface area contributed by atoms with E-state index in [2.05, 4.69) is 15.5 Å². The third-order valence-corrected chi connectivity index (χ3v) is 4.19. The summed E-state index contributed by atoms with van der Waals surface area (Å²) in [5.74, 6) is -0.602. The minimum absolute atomic E-state index is 0.257. The number of aliphatic carboxylic acids is 1. The summed E-state index contributed by atoms with van der Waals surface area (Å²) >= 11 is 1.27. The number of hydrogen-bond acceptors (Lipinski definition) is 5. The Morgan fingerprint density at radius 1 is 1.50 bits per heavy atom. The van der Waals surface area contributed by atoms with Crippen LogP contribution >= 0.6 is 11.8 Å². The van der Waals surface area contributed by atoms with Gasteiger partial charge < -0.3 is 10.4 Å². The number of carboxylic acids is 1. The summed E-state index contributed by atoms with van der Waals surface area (Å²) in [7, 11) is 0. The Kier molecular flexibility index (Phi) is 6.28. The van der Waals surface area contributed by atoms with Gasteiger partial charge in [0.15, 0.2) is 5.16 Å². The topological polar surface area (TPSA) is 100 Å². The molecule has 1 atom stereocenters. The minimum Gasteiger partial charge on any atom is -0.480 e. The Morgan fingerprint density at radius 3 is 2.75 bits per heavy atom. The van der Waals surface area contributed by atoms with E-state index in [0.717, 1.165) is 12.8 Å². The molecule has 0 aliphatic heterocycles. The largest absolute Gasteiger partial charge is 0.480 e. The van der Waals surface area contributed by atoms with Gasteiger partial charge in [-0.2, -0.15) is 0 Å². The molecule has 0 spiro atoms. The van der Waals surface area contributed by atoms with Gasteiger partial charge in [-0.3, -0.25) is 9.36 Å². The van der Waals surface area contributed by atoms with Crippen molar-refractivity contribution in [2.75, 3.05) is 12.3 Å². The lowest BCUT2D eigenvalue weighted by Gasteiger charge is -2.25. The number of carbonyl (C=O) groups is 1. The van der Waals surface area contributed by atoms with Crippen LogP contribution in [0.3, 0.4) is 0 Å². The molecule has 7 nitrogen and oxygen atoms in total. The maximum atomic E-state index is 11.6. The van der Waals surface area contributed by atoms with E-state index >= 15 is 0 Å². The van der Waals surface area contributed by atoms with Crippen LogP contribution in [-0.2, 0) is 11.3 Å². The van der Waals surface area contributed by atoms with Gasteiger partial charge >= 0.3 is 11.7 Å². The van der Waals surface area contributed by atoms with Crippen molar-refractivity contribution in [2.45, 2.75) is 50.9 Å². The summed E-state index contributed by atoms with van der Waals surface area (Å²) in [6.07, 6.45) is 1.67. The predicted octanol–water partition coefficient (Wildman–Crippen LogP) is 0.916. The average Bonchev–Trinajstić information content (AvgIpc) is 2.76. The lowest BCUT2D eigenvalue weighted by molar-refractivity contribution is -0.143. The molecule has 1 rings (SSSR count). The molecule has 0 radical (unpaired) electrons. The van der Waals surface area contributed by atoms with Crippen molar-refractivity contribution in [2.24, 2.45) is 0 Å². The number of carboxylic acid groups (broad SMARTS) is 1. The zero-order valence-corrected chi connectivity index (χ0v) is 12.9. The van der Waals surface area contributed by atoms with Crippen LogP contribution in [-0.4, -0.2) is 43.7 Å². The average molecular weight is 302 g/mol. The van der Waals surface area contributed by atoms with Gasteiger partial charge in [0.2, 0.25) is 0 Å². The van der Waals surface area contributed by atoms with E-state index in [-0.39, 0.29) is 5.69 Å². The maximum absolute atomic E-state index is 11.6. The number of H-pyrrole nitrogens is 1. The molecule has 1 unspecified atom stereocenters. The highest BCUT2D eigenvalue weighted by molar-refractivity contribution is 7.99. The predicted molar refractivity (Wildman–Crippen MR) is 78.2 cm³/mol. The summed E-state index contributed by atoms with van der Waals surface area (Å²) in [6, 6.07) is 0. The van der Waals surface area contributed by atoms with Crippen LogP contribution in [0.25, 0.3) is 0 Å². The number of hydrogen-bond donors (Lipinski definition) is 3. The fourth-order valence-electron chi connectivity index (χ4n) is 1.63. The van der Waals surface area contributed by atoms with Gasteiger partial charge in [-0.1, -0.05) is 25.6 Å². The smallest absolute Gasteiger partial charge is 0.343 e. The first-order valence-corrected chi connectivity index (χ1v) is 7.69. The Bertz CT molecular complexity index is 499. The summed E-state index contributed by atoms with van der Waals surface area (Å²) < 4.78 is 1.53. The summed E-state index contributed by atoms with van der Waals surface area (Å²) in [5, 5.41) is 19.2. The molecule has 0 aliphatic rings. The van der Waals surface area contributed by atoms with Gasteiger partial charge in [-0.05, 0) is 26.3 Å². The van der Waals surface area contributed by atoms with Crippen LogP contribution in [0.1, 0.15) is 33.6 Å². The summed E-state index contributed by atoms with van der Waals surface area (Å²) in [6.45, 7) is 6.80. The molecule has 0 bridgehead atoms. The third-order valence-electron chi connectivity index (χ3n) is 2.90. The normalized spacial score (nSPS) is 14.2. The quantitative estimate of drug-likeness (QED) is 0.586. The molecular formula is C12H22N4O3S. The van der Waals surface area contributed by atoms with Crippen molar-refractivity contribution in [1.82, 2.24) is 20.1 Å². The minimum atomic E-state index is -1.04. The zero-order valence-electron chi connectivity index (χ0n) is 12.1. The van der Waals surface area contributed by atoms with Gasteiger partial charge in [-0.15, -0.1) is 5.10 Å². The lowest BCUT2D eigenvalue weighted by atomic mass is 10.1. The molecule has 0 saturated carbocycles. The molecule has 8 heteroatoms. The first-order valence-electron chi connectivity index (χ1n) is 6.71. The van der Waals surface area contributed by atoms with Crippen molar-refractivity contribution in [3.05, 3.63) is 10.5 Å². The monoisotopic (exact) mass is 302 g/mol.